The van der Waals surface area contributed by atoms with E-state index in [0.717, 1.165) is 17.7 Å². The molecule has 1 aliphatic rings. The number of carbonyl (C=O) groups excluding carboxylic acids is 1. The molecule has 0 fully saturated rings. The van der Waals surface area contributed by atoms with Crippen LogP contribution in [0.25, 0.3) is 11.4 Å². The zero-order chi connectivity index (χ0) is 21.4. The molecule has 4 rings (SSSR count). The van der Waals surface area contributed by atoms with Gasteiger partial charge in [0.2, 0.25) is 0 Å². The summed E-state index contributed by atoms with van der Waals surface area (Å²) >= 11 is 0. The van der Waals surface area contributed by atoms with Crippen LogP contribution >= 0.6 is 0 Å². The molecule has 1 atom stereocenters. The Bertz CT molecular complexity index is 1140. The van der Waals surface area contributed by atoms with E-state index in [1.807, 2.05) is 0 Å². The first-order chi connectivity index (χ1) is 14.3. The number of nitrogens with one attached hydrogen (secondary N) is 1. The van der Waals surface area contributed by atoms with Crippen LogP contribution in [0.5, 0.6) is 0 Å². The van der Waals surface area contributed by atoms with Gasteiger partial charge in [0.1, 0.15) is 11.6 Å². The average Bonchev–Trinajstić information content (AvgIpc) is 3.09. The quantitative estimate of drug-likeness (QED) is 0.674. The Morgan fingerprint density at radius 1 is 1.10 bits per heavy atom. The van der Waals surface area contributed by atoms with Gasteiger partial charge in [-0.2, -0.15) is 0 Å². The second-order valence-electron chi connectivity index (χ2n) is 7.07. The van der Waals surface area contributed by atoms with Crippen molar-refractivity contribution >= 4 is 11.9 Å². The largest absolute Gasteiger partial charge is 0.481 e. The third-order valence-electron chi connectivity index (χ3n) is 5.11. The number of hydrogen-bond acceptors (Lipinski definition) is 4. The second-order valence-corrected chi connectivity index (χ2v) is 7.07. The molecule has 2 heterocycles. The summed E-state index contributed by atoms with van der Waals surface area (Å²) in [5.41, 5.74) is 2.12. The highest BCUT2D eigenvalue weighted by atomic mass is 19.1. The maximum Gasteiger partial charge on any atom is 0.310 e. The van der Waals surface area contributed by atoms with Crippen molar-refractivity contribution in [1.29, 1.82) is 0 Å². The standard InChI is InChI=1S/C22H17F2N3O3/c1-11(22(29)30)13-7-5-12(6-8-13)9-16-19-17(10-25-21(19)28)27-20(26-16)18-14(23)3-2-4-15(18)24/h2-8,11H,9-10H2,1H3,(H,25,28)(H,29,30). The molecule has 0 saturated heterocycles. The summed E-state index contributed by atoms with van der Waals surface area (Å²) in [5, 5.41) is 11.8. The van der Waals surface area contributed by atoms with Crippen molar-refractivity contribution in [3.63, 3.8) is 0 Å². The first kappa shape index (κ1) is 19.6. The number of benzene rings is 2. The summed E-state index contributed by atoms with van der Waals surface area (Å²) in [4.78, 5) is 32.0. The number of rotatable bonds is 5. The SMILES string of the molecule is CC(C(=O)O)c1ccc(Cc2nc(-c3c(F)cccc3F)nc3c2C(=O)NC3)cc1. The van der Waals surface area contributed by atoms with Crippen LogP contribution in [-0.4, -0.2) is 27.0 Å². The van der Waals surface area contributed by atoms with Crippen LogP contribution in [0.4, 0.5) is 8.78 Å². The van der Waals surface area contributed by atoms with Gasteiger partial charge in [-0.1, -0.05) is 30.3 Å². The molecule has 0 saturated carbocycles. The number of fused-ring (bicyclic) bond motifs is 1. The third-order valence-corrected chi connectivity index (χ3v) is 5.11. The number of halogens is 2. The molecule has 0 spiro atoms. The number of hydrogen-bond donors (Lipinski definition) is 2. The summed E-state index contributed by atoms with van der Waals surface area (Å²) in [6.07, 6.45) is 0.225. The fourth-order valence-electron chi connectivity index (χ4n) is 3.41. The Morgan fingerprint density at radius 2 is 1.77 bits per heavy atom. The lowest BCUT2D eigenvalue weighted by atomic mass is 9.98. The fraction of sp³-hybridized carbons (Fsp3) is 0.182. The molecule has 8 heteroatoms. The molecule has 1 aliphatic heterocycles. The van der Waals surface area contributed by atoms with E-state index in [4.69, 9.17) is 5.11 Å². The van der Waals surface area contributed by atoms with E-state index in [1.165, 1.54) is 6.07 Å². The maximum atomic E-state index is 14.3. The van der Waals surface area contributed by atoms with Crippen LogP contribution < -0.4 is 5.32 Å². The maximum absolute atomic E-state index is 14.3. The van der Waals surface area contributed by atoms with E-state index in [1.54, 1.807) is 31.2 Å². The van der Waals surface area contributed by atoms with E-state index in [9.17, 15) is 18.4 Å². The van der Waals surface area contributed by atoms with Gasteiger partial charge < -0.3 is 10.4 Å². The van der Waals surface area contributed by atoms with Gasteiger partial charge in [0.05, 0.1) is 35.0 Å². The monoisotopic (exact) mass is 409 g/mol. The van der Waals surface area contributed by atoms with Crippen LogP contribution in [0.2, 0.25) is 0 Å². The zero-order valence-corrected chi connectivity index (χ0v) is 15.9. The van der Waals surface area contributed by atoms with E-state index in [0.29, 0.717) is 22.5 Å². The number of carboxylic acid groups (broad SMARTS) is 1. The lowest BCUT2D eigenvalue weighted by Gasteiger charge is -2.11. The first-order valence-corrected chi connectivity index (χ1v) is 9.29. The van der Waals surface area contributed by atoms with Gasteiger partial charge in [0.15, 0.2) is 5.82 Å². The molecule has 152 valence electrons. The summed E-state index contributed by atoms with van der Waals surface area (Å²) in [5.74, 6) is -3.60. The van der Waals surface area contributed by atoms with E-state index < -0.39 is 23.5 Å². The Kier molecular flexibility index (Phi) is 4.99. The first-order valence-electron chi connectivity index (χ1n) is 9.29. The molecule has 0 radical (unpaired) electrons. The minimum Gasteiger partial charge on any atom is -0.481 e. The zero-order valence-electron chi connectivity index (χ0n) is 15.9. The van der Waals surface area contributed by atoms with Crippen molar-refractivity contribution in [3.8, 4) is 11.4 Å². The molecule has 1 amide bonds. The summed E-state index contributed by atoms with van der Waals surface area (Å²) in [6.45, 7) is 1.75. The number of nitrogens with zero attached hydrogens (tertiary/aromatic N) is 2. The molecule has 3 aromatic rings. The van der Waals surface area contributed by atoms with Gasteiger partial charge in [-0.3, -0.25) is 9.59 Å². The van der Waals surface area contributed by atoms with Crippen LogP contribution in [-0.2, 0) is 17.8 Å². The second kappa shape index (κ2) is 7.62. The smallest absolute Gasteiger partial charge is 0.310 e. The Morgan fingerprint density at radius 3 is 2.40 bits per heavy atom. The number of carbonyl (C=O) groups is 2. The number of aliphatic carboxylic acids is 1. The molecule has 1 aromatic heterocycles. The summed E-state index contributed by atoms with van der Waals surface area (Å²) < 4.78 is 28.5. The molecule has 2 aromatic carbocycles. The van der Waals surface area contributed by atoms with E-state index in [-0.39, 0.29) is 30.3 Å². The van der Waals surface area contributed by atoms with Crippen molar-refractivity contribution in [2.45, 2.75) is 25.8 Å². The van der Waals surface area contributed by atoms with Crippen LogP contribution in [0.1, 0.15) is 45.7 Å². The Balaban J connectivity index is 1.75. The number of amides is 1. The van der Waals surface area contributed by atoms with E-state index in [2.05, 4.69) is 15.3 Å². The van der Waals surface area contributed by atoms with Crippen molar-refractivity contribution < 1.29 is 23.5 Å². The predicted octanol–water partition coefficient (Wildman–Crippen LogP) is 3.44. The molecule has 30 heavy (non-hydrogen) atoms. The minimum atomic E-state index is -0.926. The lowest BCUT2D eigenvalue weighted by molar-refractivity contribution is -0.138. The van der Waals surface area contributed by atoms with Crippen LogP contribution in [0, 0.1) is 11.6 Å². The number of aromatic nitrogens is 2. The average molecular weight is 409 g/mol. The highest BCUT2D eigenvalue weighted by molar-refractivity contribution is 5.99. The number of carboxylic acids is 1. The van der Waals surface area contributed by atoms with Gasteiger partial charge in [-0.05, 0) is 30.2 Å². The van der Waals surface area contributed by atoms with Gasteiger partial charge in [-0.15, -0.1) is 0 Å². The topological polar surface area (TPSA) is 92.2 Å². The molecular weight excluding hydrogens is 392 g/mol. The summed E-state index contributed by atoms with van der Waals surface area (Å²) in [7, 11) is 0. The lowest BCUT2D eigenvalue weighted by Crippen LogP contribution is -2.15. The molecule has 2 N–H and O–H groups in total. The molecule has 1 unspecified atom stereocenters. The van der Waals surface area contributed by atoms with Gasteiger partial charge in [-0.25, -0.2) is 18.7 Å². The normalized spacial score (nSPS) is 13.6. The molecule has 6 nitrogen and oxygen atoms in total. The van der Waals surface area contributed by atoms with Crippen molar-refractivity contribution in [1.82, 2.24) is 15.3 Å². The Labute approximate surface area is 170 Å². The van der Waals surface area contributed by atoms with Crippen LogP contribution in [0.3, 0.4) is 0 Å². The summed E-state index contributed by atoms with van der Waals surface area (Å²) in [6, 6.07) is 10.4. The molecule has 0 bridgehead atoms. The third kappa shape index (κ3) is 3.52. The molecular formula is C22H17F2N3O3. The van der Waals surface area contributed by atoms with Crippen LogP contribution in [0.15, 0.2) is 42.5 Å². The van der Waals surface area contributed by atoms with Gasteiger partial charge in [0, 0.05) is 6.42 Å². The highest BCUT2D eigenvalue weighted by Crippen LogP contribution is 2.28. The highest BCUT2D eigenvalue weighted by Gasteiger charge is 2.28. The fourth-order valence-corrected chi connectivity index (χ4v) is 3.41. The van der Waals surface area contributed by atoms with E-state index >= 15 is 0 Å². The predicted molar refractivity (Wildman–Crippen MR) is 104 cm³/mol. The Hall–Kier alpha value is -3.68. The van der Waals surface area contributed by atoms with Crippen molar-refractivity contribution in [2.75, 3.05) is 0 Å². The van der Waals surface area contributed by atoms with Crippen molar-refractivity contribution in [2.24, 2.45) is 0 Å². The minimum absolute atomic E-state index is 0.119. The molecule has 0 aliphatic carbocycles. The van der Waals surface area contributed by atoms with Crippen molar-refractivity contribution in [3.05, 3.63) is 82.2 Å². The van der Waals surface area contributed by atoms with Gasteiger partial charge in [0.25, 0.3) is 5.91 Å². The van der Waals surface area contributed by atoms with Gasteiger partial charge >= 0.3 is 5.97 Å².